The number of rotatable bonds is 4. The summed E-state index contributed by atoms with van der Waals surface area (Å²) in [6.07, 6.45) is 4.94. The highest BCUT2D eigenvalue weighted by Gasteiger charge is 2.06. The number of aromatic nitrogens is 2. The summed E-state index contributed by atoms with van der Waals surface area (Å²) in [6, 6.07) is 10.6. The van der Waals surface area contributed by atoms with Crippen molar-refractivity contribution in [2.24, 2.45) is 5.73 Å². The molecular formula is C13H17N3. The number of hydrogen-bond donors (Lipinski definition) is 1. The van der Waals surface area contributed by atoms with E-state index in [1.807, 2.05) is 29.1 Å². The topological polar surface area (TPSA) is 43.8 Å². The summed E-state index contributed by atoms with van der Waals surface area (Å²) in [5.74, 6) is 0. The molecule has 1 unspecified atom stereocenters. The summed E-state index contributed by atoms with van der Waals surface area (Å²) in [5, 5.41) is 4.37. The molecule has 1 aromatic carbocycles. The molecule has 2 rings (SSSR count). The molecule has 0 fully saturated rings. The van der Waals surface area contributed by atoms with Gasteiger partial charge in [0.1, 0.15) is 0 Å². The molecule has 3 nitrogen and oxygen atoms in total. The van der Waals surface area contributed by atoms with Gasteiger partial charge in [0.25, 0.3) is 0 Å². The number of nitrogens with zero attached hydrogens (tertiary/aromatic N) is 2. The molecule has 0 saturated carbocycles. The second-order valence-electron chi connectivity index (χ2n) is 4.00. The fraction of sp³-hybridized carbons (Fsp3) is 0.308. The van der Waals surface area contributed by atoms with Crippen LogP contribution in [-0.2, 0) is 0 Å². The highest BCUT2D eigenvalue weighted by atomic mass is 15.3. The van der Waals surface area contributed by atoms with E-state index in [9.17, 15) is 0 Å². The Hall–Kier alpha value is -1.61. The van der Waals surface area contributed by atoms with Gasteiger partial charge in [-0.25, -0.2) is 0 Å². The minimum Gasteiger partial charge on any atom is -0.330 e. The lowest BCUT2D eigenvalue weighted by Crippen LogP contribution is -2.11. The molecule has 0 amide bonds. The Morgan fingerprint density at radius 1 is 1.25 bits per heavy atom. The molecule has 1 heterocycles. The Morgan fingerprint density at radius 2 is 2.00 bits per heavy atom. The van der Waals surface area contributed by atoms with Crippen LogP contribution in [0.1, 0.15) is 19.4 Å². The standard InChI is InChI=1S/C13H17N3/c1-11(7-8-14)16-10-13(9-15-16)12-5-3-2-4-6-12/h2-6,9-11H,7-8,14H2,1H3. The molecule has 84 valence electrons. The summed E-state index contributed by atoms with van der Waals surface area (Å²) in [7, 11) is 0. The van der Waals surface area contributed by atoms with E-state index in [4.69, 9.17) is 5.73 Å². The zero-order valence-electron chi connectivity index (χ0n) is 9.50. The molecule has 1 aromatic heterocycles. The van der Waals surface area contributed by atoms with Crippen molar-refractivity contribution >= 4 is 0 Å². The van der Waals surface area contributed by atoms with Crippen LogP contribution >= 0.6 is 0 Å². The monoisotopic (exact) mass is 215 g/mol. The zero-order chi connectivity index (χ0) is 11.4. The first-order valence-electron chi connectivity index (χ1n) is 5.61. The largest absolute Gasteiger partial charge is 0.330 e. The molecule has 0 spiro atoms. The lowest BCUT2D eigenvalue weighted by Gasteiger charge is -2.09. The van der Waals surface area contributed by atoms with E-state index in [0.717, 1.165) is 12.0 Å². The molecule has 0 saturated heterocycles. The van der Waals surface area contributed by atoms with Crippen LogP contribution in [0.4, 0.5) is 0 Å². The van der Waals surface area contributed by atoms with Gasteiger partial charge in [-0.2, -0.15) is 5.10 Å². The van der Waals surface area contributed by atoms with Crippen molar-refractivity contribution in [3.05, 3.63) is 42.7 Å². The molecule has 0 aliphatic heterocycles. The summed E-state index contributed by atoms with van der Waals surface area (Å²) in [5.41, 5.74) is 7.90. The first kappa shape index (κ1) is 10.9. The fourth-order valence-corrected chi connectivity index (χ4v) is 1.73. The average molecular weight is 215 g/mol. The van der Waals surface area contributed by atoms with Crippen LogP contribution in [0, 0.1) is 0 Å². The Morgan fingerprint density at radius 3 is 2.69 bits per heavy atom. The summed E-state index contributed by atoms with van der Waals surface area (Å²) < 4.78 is 1.98. The molecule has 0 aliphatic rings. The maximum Gasteiger partial charge on any atom is 0.0568 e. The predicted molar refractivity (Wildman–Crippen MR) is 66.0 cm³/mol. The van der Waals surface area contributed by atoms with Crippen molar-refractivity contribution in [1.82, 2.24) is 9.78 Å². The average Bonchev–Trinajstić information content (AvgIpc) is 2.80. The molecule has 16 heavy (non-hydrogen) atoms. The van der Waals surface area contributed by atoms with Crippen LogP contribution in [0.25, 0.3) is 11.1 Å². The van der Waals surface area contributed by atoms with Gasteiger partial charge in [-0.15, -0.1) is 0 Å². The van der Waals surface area contributed by atoms with Crippen LogP contribution in [0.15, 0.2) is 42.7 Å². The van der Waals surface area contributed by atoms with Crippen molar-refractivity contribution in [1.29, 1.82) is 0 Å². The first-order chi connectivity index (χ1) is 7.81. The molecule has 0 radical (unpaired) electrons. The van der Waals surface area contributed by atoms with Gasteiger partial charge in [-0.05, 0) is 25.5 Å². The maximum absolute atomic E-state index is 5.54. The van der Waals surface area contributed by atoms with Gasteiger partial charge in [0.2, 0.25) is 0 Å². The minimum absolute atomic E-state index is 0.363. The SMILES string of the molecule is CC(CCN)n1cc(-c2ccccc2)cn1. The van der Waals surface area contributed by atoms with E-state index >= 15 is 0 Å². The van der Waals surface area contributed by atoms with Crippen molar-refractivity contribution in [2.75, 3.05) is 6.54 Å². The van der Waals surface area contributed by atoms with Crippen LogP contribution < -0.4 is 5.73 Å². The Balaban J connectivity index is 2.20. The van der Waals surface area contributed by atoms with Gasteiger partial charge in [0, 0.05) is 11.8 Å². The Labute approximate surface area is 95.9 Å². The number of benzene rings is 1. The van der Waals surface area contributed by atoms with Crippen molar-refractivity contribution in [3.8, 4) is 11.1 Å². The normalized spacial score (nSPS) is 12.6. The van der Waals surface area contributed by atoms with Crippen LogP contribution in [-0.4, -0.2) is 16.3 Å². The van der Waals surface area contributed by atoms with Crippen molar-refractivity contribution in [3.63, 3.8) is 0 Å². The molecular weight excluding hydrogens is 198 g/mol. The van der Waals surface area contributed by atoms with Crippen molar-refractivity contribution in [2.45, 2.75) is 19.4 Å². The van der Waals surface area contributed by atoms with Crippen molar-refractivity contribution < 1.29 is 0 Å². The third-order valence-electron chi connectivity index (χ3n) is 2.74. The molecule has 2 N–H and O–H groups in total. The Kier molecular flexibility index (Phi) is 3.37. The predicted octanol–water partition coefficient (Wildman–Crippen LogP) is 2.46. The highest BCUT2D eigenvalue weighted by Crippen LogP contribution is 2.19. The molecule has 2 aromatic rings. The molecule has 1 atom stereocenters. The highest BCUT2D eigenvalue weighted by molar-refractivity contribution is 5.61. The van der Waals surface area contributed by atoms with E-state index in [2.05, 4.69) is 30.4 Å². The van der Waals surface area contributed by atoms with Crippen LogP contribution in [0.5, 0.6) is 0 Å². The fourth-order valence-electron chi connectivity index (χ4n) is 1.73. The summed E-state index contributed by atoms with van der Waals surface area (Å²) in [4.78, 5) is 0. The third kappa shape index (κ3) is 2.31. The smallest absolute Gasteiger partial charge is 0.0568 e. The number of nitrogens with two attached hydrogens (primary N) is 1. The number of hydrogen-bond acceptors (Lipinski definition) is 2. The van der Waals surface area contributed by atoms with Gasteiger partial charge < -0.3 is 5.73 Å². The van der Waals surface area contributed by atoms with Crippen LogP contribution in [0.3, 0.4) is 0 Å². The molecule has 3 heteroatoms. The lowest BCUT2D eigenvalue weighted by atomic mass is 10.1. The van der Waals surface area contributed by atoms with E-state index in [1.165, 1.54) is 5.56 Å². The van der Waals surface area contributed by atoms with E-state index in [0.29, 0.717) is 12.6 Å². The van der Waals surface area contributed by atoms with Gasteiger partial charge in [-0.1, -0.05) is 30.3 Å². The Bertz CT molecular complexity index is 433. The van der Waals surface area contributed by atoms with Gasteiger partial charge in [0.15, 0.2) is 0 Å². The zero-order valence-corrected chi connectivity index (χ0v) is 9.50. The first-order valence-corrected chi connectivity index (χ1v) is 5.61. The molecule has 0 bridgehead atoms. The van der Waals surface area contributed by atoms with Gasteiger partial charge in [-0.3, -0.25) is 4.68 Å². The van der Waals surface area contributed by atoms with Gasteiger partial charge >= 0.3 is 0 Å². The third-order valence-corrected chi connectivity index (χ3v) is 2.74. The van der Waals surface area contributed by atoms with E-state index < -0.39 is 0 Å². The second kappa shape index (κ2) is 4.94. The molecule has 0 aliphatic carbocycles. The summed E-state index contributed by atoms with van der Waals surface area (Å²) >= 11 is 0. The second-order valence-corrected chi connectivity index (χ2v) is 4.00. The van der Waals surface area contributed by atoms with E-state index in [-0.39, 0.29) is 0 Å². The van der Waals surface area contributed by atoms with E-state index in [1.54, 1.807) is 0 Å². The van der Waals surface area contributed by atoms with Crippen LogP contribution in [0.2, 0.25) is 0 Å². The minimum atomic E-state index is 0.363. The maximum atomic E-state index is 5.54. The van der Waals surface area contributed by atoms with Gasteiger partial charge in [0.05, 0.1) is 12.2 Å². The lowest BCUT2D eigenvalue weighted by molar-refractivity contribution is 0.465. The summed E-state index contributed by atoms with van der Waals surface area (Å²) in [6.45, 7) is 2.83. The quantitative estimate of drug-likeness (QED) is 0.851.